The molecule has 0 bridgehead atoms. The van der Waals surface area contributed by atoms with Gasteiger partial charge in [0.15, 0.2) is 0 Å². The molecule has 1 fully saturated rings. The molecule has 1 saturated heterocycles. The second kappa shape index (κ2) is 5.29. The first-order valence-electron chi connectivity index (χ1n) is 5.19. The average molecular weight is 274 g/mol. The van der Waals surface area contributed by atoms with Crippen LogP contribution in [0.5, 0.6) is 0 Å². The quantitative estimate of drug-likeness (QED) is 0.764. The van der Waals surface area contributed by atoms with Crippen LogP contribution in [0.1, 0.15) is 17.7 Å². The van der Waals surface area contributed by atoms with Gasteiger partial charge in [0, 0.05) is 23.3 Å². The maximum absolute atomic E-state index is 3.59. The standard InChI is InChI=1S/C11H16BrNS/c12-7-10-3-1-5-13(8-10)9-11-4-2-6-14-11/h2,4,6,10H,1,3,5,7-9H2. The Hall–Kier alpha value is 0.140. The molecule has 1 aromatic rings. The van der Waals surface area contributed by atoms with Crippen LogP contribution in [0.25, 0.3) is 0 Å². The van der Waals surface area contributed by atoms with Gasteiger partial charge in [0.2, 0.25) is 0 Å². The maximum Gasteiger partial charge on any atom is 0.0328 e. The zero-order valence-corrected chi connectivity index (χ0v) is 10.7. The van der Waals surface area contributed by atoms with Crippen LogP contribution in [0.15, 0.2) is 17.5 Å². The van der Waals surface area contributed by atoms with Crippen molar-refractivity contribution in [3.05, 3.63) is 22.4 Å². The summed E-state index contributed by atoms with van der Waals surface area (Å²) in [5.74, 6) is 0.865. The fourth-order valence-corrected chi connectivity index (χ4v) is 3.32. The fourth-order valence-electron chi connectivity index (χ4n) is 2.04. The molecule has 1 aliphatic rings. The first kappa shape index (κ1) is 10.7. The van der Waals surface area contributed by atoms with Gasteiger partial charge in [0.05, 0.1) is 0 Å². The van der Waals surface area contributed by atoms with Crippen LogP contribution < -0.4 is 0 Å². The summed E-state index contributed by atoms with van der Waals surface area (Å²) in [6.07, 6.45) is 2.76. The Morgan fingerprint density at radius 2 is 2.50 bits per heavy atom. The zero-order valence-electron chi connectivity index (χ0n) is 8.29. The molecule has 0 spiro atoms. The summed E-state index contributed by atoms with van der Waals surface area (Å²) < 4.78 is 0. The molecule has 1 aliphatic heterocycles. The Bertz CT molecular complexity index is 260. The molecule has 1 unspecified atom stereocenters. The van der Waals surface area contributed by atoms with Crippen molar-refractivity contribution in [1.29, 1.82) is 0 Å². The van der Waals surface area contributed by atoms with E-state index in [1.54, 1.807) is 0 Å². The normalized spacial score (nSPS) is 23.9. The zero-order chi connectivity index (χ0) is 9.80. The van der Waals surface area contributed by atoms with Gasteiger partial charge >= 0.3 is 0 Å². The number of thiophene rings is 1. The van der Waals surface area contributed by atoms with E-state index in [0.717, 1.165) is 17.8 Å². The Kier molecular flexibility index (Phi) is 4.02. The van der Waals surface area contributed by atoms with Crippen molar-refractivity contribution >= 4 is 27.3 Å². The summed E-state index contributed by atoms with van der Waals surface area (Å²) in [5.41, 5.74) is 0. The molecule has 2 rings (SSSR count). The molecule has 0 amide bonds. The number of alkyl halides is 1. The van der Waals surface area contributed by atoms with Crippen molar-refractivity contribution < 1.29 is 0 Å². The largest absolute Gasteiger partial charge is 0.298 e. The van der Waals surface area contributed by atoms with E-state index in [4.69, 9.17) is 0 Å². The minimum Gasteiger partial charge on any atom is -0.298 e. The van der Waals surface area contributed by atoms with Gasteiger partial charge in [-0.25, -0.2) is 0 Å². The molecule has 1 aromatic heterocycles. The molecule has 1 nitrogen and oxygen atoms in total. The van der Waals surface area contributed by atoms with Crippen LogP contribution in [-0.2, 0) is 6.54 Å². The number of likely N-dealkylation sites (tertiary alicyclic amines) is 1. The van der Waals surface area contributed by atoms with E-state index >= 15 is 0 Å². The summed E-state index contributed by atoms with van der Waals surface area (Å²) in [4.78, 5) is 4.08. The van der Waals surface area contributed by atoms with Crippen LogP contribution in [-0.4, -0.2) is 23.3 Å². The maximum atomic E-state index is 3.59. The Morgan fingerprint density at radius 1 is 1.57 bits per heavy atom. The Labute approximate surface area is 98.2 Å². The van der Waals surface area contributed by atoms with Crippen LogP contribution >= 0.6 is 27.3 Å². The highest BCUT2D eigenvalue weighted by Crippen LogP contribution is 2.21. The molecular formula is C11H16BrNS. The van der Waals surface area contributed by atoms with Crippen molar-refractivity contribution in [2.24, 2.45) is 5.92 Å². The fraction of sp³-hybridized carbons (Fsp3) is 0.636. The van der Waals surface area contributed by atoms with E-state index in [9.17, 15) is 0 Å². The molecule has 0 aliphatic carbocycles. The smallest absolute Gasteiger partial charge is 0.0328 e. The molecule has 0 aromatic carbocycles. The predicted molar refractivity (Wildman–Crippen MR) is 66.1 cm³/mol. The summed E-state index contributed by atoms with van der Waals surface area (Å²) >= 11 is 5.46. The monoisotopic (exact) mass is 273 g/mol. The van der Waals surface area contributed by atoms with Crippen molar-refractivity contribution in [1.82, 2.24) is 4.90 Å². The van der Waals surface area contributed by atoms with Crippen molar-refractivity contribution in [2.45, 2.75) is 19.4 Å². The van der Waals surface area contributed by atoms with Crippen molar-refractivity contribution in [3.8, 4) is 0 Å². The highest BCUT2D eigenvalue weighted by Gasteiger charge is 2.18. The van der Waals surface area contributed by atoms with Crippen molar-refractivity contribution in [2.75, 3.05) is 18.4 Å². The van der Waals surface area contributed by atoms with Gasteiger partial charge in [-0.1, -0.05) is 22.0 Å². The summed E-state index contributed by atoms with van der Waals surface area (Å²) in [6.45, 7) is 3.70. The van der Waals surface area contributed by atoms with Gasteiger partial charge in [0.25, 0.3) is 0 Å². The van der Waals surface area contributed by atoms with E-state index in [-0.39, 0.29) is 0 Å². The third kappa shape index (κ3) is 2.81. The second-order valence-electron chi connectivity index (χ2n) is 3.98. The first-order valence-corrected chi connectivity index (χ1v) is 7.19. The molecule has 0 saturated carbocycles. The molecule has 78 valence electrons. The minimum absolute atomic E-state index is 0.865. The number of rotatable bonds is 3. The third-order valence-corrected chi connectivity index (χ3v) is 4.56. The number of hydrogen-bond donors (Lipinski definition) is 0. The Morgan fingerprint density at radius 3 is 3.21 bits per heavy atom. The van der Waals surface area contributed by atoms with E-state index in [2.05, 4.69) is 38.3 Å². The lowest BCUT2D eigenvalue weighted by Crippen LogP contribution is -2.35. The SMILES string of the molecule is BrCC1CCCN(Cc2cccs2)C1. The van der Waals surface area contributed by atoms with Gasteiger partial charge in [-0.2, -0.15) is 0 Å². The number of hydrogen-bond acceptors (Lipinski definition) is 2. The number of piperidine rings is 1. The van der Waals surface area contributed by atoms with E-state index < -0.39 is 0 Å². The van der Waals surface area contributed by atoms with Crippen LogP contribution in [0, 0.1) is 5.92 Å². The highest BCUT2D eigenvalue weighted by molar-refractivity contribution is 9.09. The van der Waals surface area contributed by atoms with E-state index in [1.165, 1.54) is 30.8 Å². The van der Waals surface area contributed by atoms with Gasteiger partial charge in [0.1, 0.15) is 0 Å². The van der Waals surface area contributed by atoms with Gasteiger partial charge < -0.3 is 0 Å². The lowest BCUT2D eigenvalue weighted by Gasteiger charge is -2.31. The lowest BCUT2D eigenvalue weighted by atomic mass is 10.0. The Balaban J connectivity index is 1.86. The second-order valence-corrected chi connectivity index (χ2v) is 5.66. The number of halogens is 1. The molecule has 2 heterocycles. The van der Waals surface area contributed by atoms with Gasteiger partial charge in [-0.05, 0) is 36.8 Å². The molecule has 0 N–H and O–H groups in total. The lowest BCUT2D eigenvalue weighted by molar-refractivity contribution is 0.181. The minimum atomic E-state index is 0.865. The topological polar surface area (TPSA) is 3.24 Å². The molecule has 3 heteroatoms. The average Bonchev–Trinajstić information content (AvgIpc) is 2.71. The van der Waals surface area contributed by atoms with E-state index in [0.29, 0.717) is 0 Å². The molecule has 14 heavy (non-hydrogen) atoms. The third-order valence-electron chi connectivity index (χ3n) is 2.78. The van der Waals surface area contributed by atoms with Crippen LogP contribution in [0.4, 0.5) is 0 Å². The van der Waals surface area contributed by atoms with E-state index in [1.807, 2.05) is 11.3 Å². The van der Waals surface area contributed by atoms with Crippen LogP contribution in [0.2, 0.25) is 0 Å². The summed E-state index contributed by atoms with van der Waals surface area (Å²) in [6, 6.07) is 4.38. The first-order chi connectivity index (χ1) is 6.88. The molecule has 1 atom stereocenters. The summed E-state index contributed by atoms with van der Waals surface area (Å²) in [7, 11) is 0. The summed E-state index contributed by atoms with van der Waals surface area (Å²) in [5, 5.41) is 3.33. The predicted octanol–water partition coefficient (Wildman–Crippen LogP) is 3.36. The highest BCUT2D eigenvalue weighted by atomic mass is 79.9. The number of nitrogens with zero attached hydrogens (tertiary/aromatic N) is 1. The van der Waals surface area contributed by atoms with Crippen LogP contribution in [0.3, 0.4) is 0 Å². The van der Waals surface area contributed by atoms with Gasteiger partial charge in [-0.15, -0.1) is 11.3 Å². The van der Waals surface area contributed by atoms with Gasteiger partial charge in [-0.3, -0.25) is 4.90 Å². The van der Waals surface area contributed by atoms with Crippen molar-refractivity contribution in [3.63, 3.8) is 0 Å². The molecular weight excluding hydrogens is 258 g/mol. The molecule has 0 radical (unpaired) electrons.